The number of alkyl halides is 3. The number of carbonyl (C=O) groups excluding carboxylic acids is 1. The Labute approximate surface area is 119 Å². The molecule has 114 valence electrons. The molecule has 0 saturated carbocycles. The average molecular weight is 301 g/mol. The Balaban J connectivity index is 2.63. The maximum atomic E-state index is 11.9. The molecule has 2 N–H and O–H groups in total. The molecule has 0 aromatic heterocycles. The Bertz CT molecular complexity index is 559. The van der Waals surface area contributed by atoms with Crippen LogP contribution >= 0.6 is 0 Å². The number of carbonyl (C=O) groups is 1. The van der Waals surface area contributed by atoms with Crippen molar-refractivity contribution >= 4 is 11.6 Å². The minimum atomic E-state index is -4.46. The summed E-state index contributed by atoms with van der Waals surface area (Å²) in [5, 5.41) is 11.1. The molecule has 0 spiro atoms. The van der Waals surface area contributed by atoms with Crippen molar-refractivity contribution in [3.63, 3.8) is 0 Å². The molecular formula is C14H14F3NO3. The number of halogens is 3. The van der Waals surface area contributed by atoms with Crippen LogP contribution in [0.5, 0.6) is 0 Å². The predicted molar refractivity (Wildman–Crippen MR) is 70.6 cm³/mol. The van der Waals surface area contributed by atoms with Gasteiger partial charge >= 0.3 is 6.18 Å². The van der Waals surface area contributed by atoms with Gasteiger partial charge in [-0.25, -0.2) is 0 Å². The maximum Gasteiger partial charge on any atom is 0.411 e. The van der Waals surface area contributed by atoms with Crippen LogP contribution in [0.1, 0.15) is 11.1 Å². The highest BCUT2D eigenvalue weighted by Crippen LogP contribution is 2.17. The second-order valence-corrected chi connectivity index (χ2v) is 4.15. The van der Waals surface area contributed by atoms with E-state index in [1.54, 1.807) is 25.1 Å². The molecule has 0 fully saturated rings. The lowest BCUT2D eigenvalue weighted by Gasteiger charge is -2.10. The van der Waals surface area contributed by atoms with Crippen molar-refractivity contribution in [2.75, 3.05) is 25.1 Å². The second-order valence-electron chi connectivity index (χ2n) is 4.15. The van der Waals surface area contributed by atoms with Gasteiger partial charge in [0, 0.05) is 11.3 Å². The number of aliphatic hydroxyl groups is 1. The zero-order valence-corrected chi connectivity index (χ0v) is 11.3. The fourth-order valence-corrected chi connectivity index (χ4v) is 1.42. The molecule has 1 aromatic carbocycles. The largest absolute Gasteiger partial charge is 0.411 e. The zero-order valence-electron chi connectivity index (χ0n) is 11.3. The third kappa shape index (κ3) is 6.79. The lowest BCUT2D eigenvalue weighted by molar-refractivity contribution is -0.174. The fourth-order valence-electron chi connectivity index (χ4n) is 1.42. The van der Waals surface area contributed by atoms with Gasteiger partial charge in [-0.05, 0) is 24.6 Å². The van der Waals surface area contributed by atoms with Crippen LogP contribution in [0.3, 0.4) is 0 Å². The van der Waals surface area contributed by atoms with Crippen LogP contribution < -0.4 is 5.32 Å². The van der Waals surface area contributed by atoms with Crippen molar-refractivity contribution in [1.82, 2.24) is 0 Å². The third-order valence-electron chi connectivity index (χ3n) is 2.32. The maximum absolute atomic E-state index is 11.9. The van der Waals surface area contributed by atoms with Crippen molar-refractivity contribution in [3.8, 4) is 11.8 Å². The van der Waals surface area contributed by atoms with E-state index >= 15 is 0 Å². The summed E-state index contributed by atoms with van der Waals surface area (Å²) in [5.74, 6) is 4.44. The van der Waals surface area contributed by atoms with Crippen LogP contribution in [0.25, 0.3) is 0 Å². The minimum Gasteiger partial charge on any atom is -0.384 e. The molecule has 0 atom stereocenters. The topological polar surface area (TPSA) is 58.6 Å². The Morgan fingerprint density at radius 2 is 2.14 bits per heavy atom. The third-order valence-corrected chi connectivity index (χ3v) is 2.32. The zero-order chi connectivity index (χ0) is 15.9. The number of nitrogens with one attached hydrogen (secondary N) is 1. The predicted octanol–water partition coefficient (Wildman–Crippen LogP) is 1.86. The molecule has 0 aliphatic rings. The van der Waals surface area contributed by atoms with Crippen LogP contribution in [0.4, 0.5) is 18.9 Å². The van der Waals surface area contributed by atoms with Gasteiger partial charge in [-0.3, -0.25) is 4.79 Å². The van der Waals surface area contributed by atoms with Gasteiger partial charge in [-0.1, -0.05) is 17.9 Å². The second kappa shape index (κ2) is 7.67. The smallest absolute Gasteiger partial charge is 0.384 e. The summed E-state index contributed by atoms with van der Waals surface area (Å²) in [5.41, 5.74) is 1.73. The van der Waals surface area contributed by atoms with E-state index < -0.39 is 25.3 Å². The first-order valence-corrected chi connectivity index (χ1v) is 5.96. The van der Waals surface area contributed by atoms with Gasteiger partial charge in [0.25, 0.3) is 0 Å². The van der Waals surface area contributed by atoms with Crippen molar-refractivity contribution < 1.29 is 27.8 Å². The van der Waals surface area contributed by atoms with Crippen LogP contribution in [-0.2, 0) is 9.53 Å². The number of amides is 1. The Hall–Kier alpha value is -2.04. The monoisotopic (exact) mass is 301 g/mol. The number of ether oxygens (including phenoxy) is 1. The van der Waals surface area contributed by atoms with Gasteiger partial charge in [0.2, 0.25) is 5.91 Å². The van der Waals surface area contributed by atoms with Gasteiger partial charge in [0.1, 0.15) is 19.8 Å². The van der Waals surface area contributed by atoms with Crippen molar-refractivity contribution in [3.05, 3.63) is 29.3 Å². The minimum absolute atomic E-state index is 0.291. The SMILES string of the molecule is Cc1ccc(C#CCO)cc1NC(=O)COCC(F)(F)F. The van der Waals surface area contributed by atoms with E-state index in [2.05, 4.69) is 21.9 Å². The van der Waals surface area contributed by atoms with E-state index in [1.807, 2.05) is 0 Å². The quantitative estimate of drug-likeness (QED) is 0.835. The highest BCUT2D eigenvalue weighted by atomic mass is 19.4. The summed E-state index contributed by atoms with van der Waals surface area (Å²) in [6.45, 7) is -0.719. The van der Waals surface area contributed by atoms with Gasteiger partial charge < -0.3 is 15.2 Å². The molecule has 0 heterocycles. The molecule has 0 saturated heterocycles. The number of hydrogen-bond acceptors (Lipinski definition) is 3. The van der Waals surface area contributed by atoms with Crippen LogP contribution in [0, 0.1) is 18.8 Å². The molecular weight excluding hydrogens is 287 g/mol. The van der Waals surface area contributed by atoms with Gasteiger partial charge in [-0.2, -0.15) is 13.2 Å². The summed E-state index contributed by atoms with van der Waals surface area (Å²) in [4.78, 5) is 11.5. The van der Waals surface area contributed by atoms with E-state index in [-0.39, 0.29) is 6.61 Å². The summed E-state index contributed by atoms with van der Waals surface area (Å²) in [7, 11) is 0. The first-order chi connectivity index (χ1) is 9.81. The average Bonchev–Trinajstić information content (AvgIpc) is 2.38. The van der Waals surface area contributed by atoms with Crippen molar-refractivity contribution in [2.24, 2.45) is 0 Å². The Morgan fingerprint density at radius 1 is 1.43 bits per heavy atom. The molecule has 7 heteroatoms. The van der Waals surface area contributed by atoms with Gasteiger partial charge in [0.05, 0.1) is 0 Å². The lowest BCUT2D eigenvalue weighted by Crippen LogP contribution is -2.24. The fraction of sp³-hybridized carbons (Fsp3) is 0.357. The van der Waals surface area contributed by atoms with E-state index in [1.165, 1.54) is 0 Å². The number of aliphatic hydroxyl groups excluding tert-OH is 1. The standard InChI is InChI=1S/C14H14F3NO3/c1-10-4-5-11(3-2-6-19)7-12(10)18-13(20)8-21-9-14(15,16)17/h4-5,7,19H,6,8-9H2,1H3,(H,18,20). The normalized spacial score (nSPS) is 10.7. The molecule has 0 unspecified atom stereocenters. The molecule has 0 radical (unpaired) electrons. The molecule has 1 amide bonds. The molecule has 4 nitrogen and oxygen atoms in total. The number of rotatable bonds is 4. The van der Waals surface area contributed by atoms with Crippen LogP contribution in [0.2, 0.25) is 0 Å². The summed E-state index contributed by atoms with van der Waals surface area (Å²) in [6, 6.07) is 4.97. The summed E-state index contributed by atoms with van der Waals surface area (Å²) >= 11 is 0. The number of aryl methyl sites for hydroxylation is 1. The van der Waals surface area contributed by atoms with Gasteiger partial charge in [0.15, 0.2) is 0 Å². The summed E-state index contributed by atoms with van der Waals surface area (Å²) in [6.07, 6.45) is -4.46. The Morgan fingerprint density at radius 3 is 2.76 bits per heavy atom. The molecule has 0 aliphatic heterocycles. The lowest BCUT2D eigenvalue weighted by atomic mass is 10.1. The van der Waals surface area contributed by atoms with E-state index in [9.17, 15) is 18.0 Å². The van der Waals surface area contributed by atoms with Gasteiger partial charge in [-0.15, -0.1) is 0 Å². The molecule has 1 rings (SSSR count). The number of anilines is 1. The highest BCUT2D eigenvalue weighted by Gasteiger charge is 2.27. The van der Waals surface area contributed by atoms with Crippen LogP contribution in [-0.4, -0.2) is 37.0 Å². The van der Waals surface area contributed by atoms with E-state index in [0.717, 1.165) is 5.56 Å². The highest BCUT2D eigenvalue weighted by molar-refractivity contribution is 5.92. The molecule has 1 aromatic rings. The molecule has 0 aliphatic carbocycles. The Kier molecular flexibility index (Phi) is 6.21. The summed E-state index contributed by atoms with van der Waals surface area (Å²) < 4.78 is 39.9. The van der Waals surface area contributed by atoms with Crippen LogP contribution in [0.15, 0.2) is 18.2 Å². The molecule has 0 bridgehead atoms. The first kappa shape index (κ1) is 17.0. The van der Waals surface area contributed by atoms with E-state index in [0.29, 0.717) is 11.3 Å². The number of hydrogen-bond donors (Lipinski definition) is 2. The molecule has 21 heavy (non-hydrogen) atoms. The van der Waals surface area contributed by atoms with E-state index in [4.69, 9.17) is 5.11 Å². The van der Waals surface area contributed by atoms with Crippen molar-refractivity contribution in [1.29, 1.82) is 0 Å². The first-order valence-electron chi connectivity index (χ1n) is 5.96. The van der Waals surface area contributed by atoms with Crippen molar-refractivity contribution in [2.45, 2.75) is 13.1 Å². The number of benzene rings is 1.